The maximum atomic E-state index is 5.68. The molecule has 0 aliphatic heterocycles. The van der Waals surface area contributed by atoms with E-state index in [9.17, 15) is 0 Å². The van der Waals surface area contributed by atoms with Gasteiger partial charge in [0.25, 0.3) is 0 Å². The van der Waals surface area contributed by atoms with Crippen LogP contribution in [0.4, 0.5) is 0 Å². The summed E-state index contributed by atoms with van der Waals surface area (Å²) in [7, 11) is 1.68. The van der Waals surface area contributed by atoms with Crippen molar-refractivity contribution in [1.29, 1.82) is 0 Å². The van der Waals surface area contributed by atoms with Crippen LogP contribution in [-0.2, 0) is 17.7 Å². The van der Waals surface area contributed by atoms with Gasteiger partial charge in [-0.15, -0.1) is 0 Å². The van der Waals surface area contributed by atoms with Gasteiger partial charge >= 0.3 is 0 Å². The second-order valence-electron chi connectivity index (χ2n) is 7.79. The molecule has 7 nitrogen and oxygen atoms in total. The molecule has 1 aliphatic rings. The molecule has 0 unspecified atom stereocenters. The number of hydrogen-bond acceptors (Lipinski definition) is 5. The van der Waals surface area contributed by atoms with Crippen LogP contribution in [0.5, 0.6) is 5.75 Å². The van der Waals surface area contributed by atoms with Gasteiger partial charge in [-0.3, -0.25) is 4.68 Å². The van der Waals surface area contributed by atoms with Crippen LogP contribution in [-0.4, -0.2) is 44.4 Å². The van der Waals surface area contributed by atoms with Gasteiger partial charge in [0.2, 0.25) is 0 Å². The summed E-state index contributed by atoms with van der Waals surface area (Å²) in [6.45, 7) is 5.32. The van der Waals surface area contributed by atoms with E-state index in [0.29, 0.717) is 25.6 Å². The van der Waals surface area contributed by atoms with E-state index in [0.717, 1.165) is 28.7 Å². The molecule has 0 N–H and O–H groups in total. The van der Waals surface area contributed by atoms with Crippen molar-refractivity contribution in [3.05, 3.63) is 47.9 Å². The Labute approximate surface area is 171 Å². The van der Waals surface area contributed by atoms with Crippen LogP contribution in [0, 0.1) is 0 Å². The van der Waals surface area contributed by atoms with E-state index in [2.05, 4.69) is 23.0 Å². The minimum atomic E-state index is 0.203. The zero-order valence-electron chi connectivity index (χ0n) is 17.4. The first kappa shape index (κ1) is 19.6. The molecule has 154 valence electrons. The minimum absolute atomic E-state index is 0.203. The Hall–Kier alpha value is -2.67. The first-order valence-electron chi connectivity index (χ1n) is 10.4. The van der Waals surface area contributed by atoms with Crippen molar-refractivity contribution < 1.29 is 9.47 Å². The fourth-order valence-corrected chi connectivity index (χ4v) is 3.40. The third-order valence-corrected chi connectivity index (χ3v) is 5.27. The first-order chi connectivity index (χ1) is 14.1. The Morgan fingerprint density at radius 2 is 1.90 bits per heavy atom. The summed E-state index contributed by atoms with van der Waals surface area (Å²) >= 11 is 0. The first-order valence-corrected chi connectivity index (χ1v) is 10.4. The lowest BCUT2D eigenvalue weighted by molar-refractivity contribution is 0.0804. The monoisotopic (exact) mass is 395 g/mol. The molecule has 0 spiro atoms. The fourth-order valence-electron chi connectivity index (χ4n) is 3.40. The minimum Gasteiger partial charge on any atom is -0.497 e. The standard InChI is InChI=1S/C22H29N5O2/c1-16(2)29-14-12-21-23-22(20-11-13-26(24-20)18-5-4-6-18)27(25-21)15-17-7-9-19(28-3)10-8-17/h7-11,13,16,18H,4-6,12,14-15H2,1-3H3. The molecule has 0 saturated heterocycles. The lowest BCUT2D eigenvalue weighted by Gasteiger charge is -2.25. The van der Waals surface area contributed by atoms with Gasteiger partial charge in [-0.1, -0.05) is 12.1 Å². The van der Waals surface area contributed by atoms with Gasteiger partial charge in [0, 0.05) is 12.6 Å². The zero-order chi connectivity index (χ0) is 20.2. The van der Waals surface area contributed by atoms with Crippen LogP contribution in [0.3, 0.4) is 0 Å². The smallest absolute Gasteiger partial charge is 0.179 e. The maximum absolute atomic E-state index is 5.68. The van der Waals surface area contributed by atoms with Crippen molar-refractivity contribution in [3.8, 4) is 17.3 Å². The molecular formula is C22H29N5O2. The summed E-state index contributed by atoms with van der Waals surface area (Å²) in [5.41, 5.74) is 2.01. The molecule has 2 aromatic heterocycles. The van der Waals surface area contributed by atoms with Crippen LogP contribution in [0.2, 0.25) is 0 Å². The summed E-state index contributed by atoms with van der Waals surface area (Å²) in [4.78, 5) is 4.80. The van der Waals surface area contributed by atoms with E-state index in [-0.39, 0.29) is 6.10 Å². The summed E-state index contributed by atoms with van der Waals surface area (Å²) in [5.74, 6) is 2.43. The van der Waals surface area contributed by atoms with Crippen LogP contribution >= 0.6 is 0 Å². The molecule has 0 bridgehead atoms. The van der Waals surface area contributed by atoms with Crippen LogP contribution in [0.1, 0.15) is 50.5 Å². The predicted octanol–water partition coefficient (Wildman–Crippen LogP) is 3.89. The number of nitrogens with zero attached hydrogens (tertiary/aromatic N) is 5. The average molecular weight is 396 g/mol. The molecule has 1 saturated carbocycles. The number of ether oxygens (including phenoxy) is 2. The number of aromatic nitrogens is 5. The third kappa shape index (κ3) is 4.67. The van der Waals surface area contributed by atoms with Crippen LogP contribution in [0.25, 0.3) is 11.5 Å². The van der Waals surface area contributed by atoms with Gasteiger partial charge in [0.1, 0.15) is 11.4 Å². The topological polar surface area (TPSA) is 67.0 Å². The molecule has 1 aliphatic carbocycles. The Bertz CT molecular complexity index is 925. The summed E-state index contributed by atoms with van der Waals surface area (Å²) in [5, 5.41) is 9.55. The van der Waals surface area contributed by atoms with Gasteiger partial charge < -0.3 is 9.47 Å². The normalized spacial score (nSPS) is 14.3. The lowest BCUT2D eigenvalue weighted by atomic mass is 9.93. The van der Waals surface area contributed by atoms with Crippen molar-refractivity contribution in [2.75, 3.05) is 13.7 Å². The highest BCUT2D eigenvalue weighted by Crippen LogP contribution is 2.31. The van der Waals surface area contributed by atoms with E-state index in [1.54, 1.807) is 7.11 Å². The highest BCUT2D eigenvalue weighted by Gasteiger charge is 2.22. The quantitative estimate of drug-likeness (QED) is 0.550. The Kier molecular flexibility index (Phi) is 5.94. The number of hydrogen-bond donors (Lipinski definition) is 0. The molecule has 0 atom stereocenters. The molecule has 4 rings (SSSR count). The predicted molar refractivity (Wildman–Crippen MR) is 111 cm³/mol. The molecule has 1 aromatic carbocycles. The third-order valence-electron chi connectivity index (χ3n) is 5.27. The highest BCUT2D eigenvalue weighted by molar-refractivity contribution is 5.49. The molecule has 7 heteroatoms. The number of benzene rings is 1. The van der Waals surface area contributed by atoms with E-state index in [1.165, 1.54) is 19.3 Å². The molecule has 3 aromatic rings. The molecular weight excluding hydrogens is 366 g/mol. The van der Waals surface area contributed by atoms with Gasteiger partial charge in [-0.2, -0.15) is 10.2 Å². The molecule has 1 fully saturated rings. The molecule has 2 heterocycles. The van der Waals surface area contributed by atoms with Crippen molar-refractivity contribution in [2.45, 2.75) is 58.2 Å². The van der Waals surface area contributed by atoms with E-state index in [4.69, 9.17) is 24.7 Å². The summed E-state index contributed by atoms with van der Waals surface area (Å²) < 4.78 is 15.0. The Balaban J connectivity index is 1.58. The van der Waals surface area contributed by atoms with Gasteiger partial charge in [0.15, 0.2) is 11.6 Å². The van der Waals surface area contributed by atoms with Crippen molar-refractivity contribution in [3.63, 3.8) is 0 Å². The van der Waals surface area contributed by atoms with Gasteiger partial charge in [0.05, 0.1) is 32.4 Å². The van der Waals surface area contributed by atoms with E-state index < -0.39 is 0 Å². The molecule has 0 amide bonds. The van der Waals surface area contributed by atoms with E-state index in [1.807, 2.05) is 36.7 Å². The van der Waals surface area contributed by atoms with Gasteiger partial charge in [-0.25, -0.2) is 9.67 Å². The SMILES string of the molecule is COc1ccc(Cn2nc(CCOC(C)C)nc2-c2ccn(C3CCC3)n2)cc1. The van der Waals surface area contributed by atoms with Crippen LogP contribution in [0.15, 0.2) is 36.5 Å². The van der Waals surface area contributed by atoms with Crippen molar-refractivity contribution >= 4 is 0 Å². The van der Waals surface area contributed by atoms with Crippen LogP contribution < -0.4 is 4.74 Å². The lowest BCUT2D eigenvalue weighted by Crippen LogP contribution is -2.17. The second kappa shape index (κ2) is 8.78. The molecule has 0 radical (unpaired) electrons. The second-order valence-corrected chi connectivity index (χ2v) is 7.79. The van der Waals surface area contributed by atoms with Gasteiger partial charge in [-0.05, 0) is 56.9 Å². The highest BCUT2D eigenvalue weighted by atomic mass is 16.5. The largest absolute Gasteiger partial charge is 0.497 e. The van der Waals surface area contributed by atoms with Crippen molar-refractivity contribution in [1.82, 2.24) is 24.5 Å². The maximum Gasteiger partial charge on any atom is 0.179 e. The summed E-state index contributed by atoms with van der Waals surface area (Å²) in [6.07, 6.45) is 6.65. The average Bonchev–Trinajstić information content (AvgIpc) is 3.28. The zero-order valence-corrected chi connectivity index (χ0v) is 17.4. The Morgan fingerprint density at radius 3 is 2.55 bits per heavy atom. The molecule has 29 heavy (non-hydrogen) atoms. The Morgan fingerprint density at radius 1 is 1.10 bits per heavy atom. The number of methoxy groups -OCH3 is 1. The van der Waals surface area contributed by atoms with Crippen molar-refractivity contribution in [2.24, 2.45) is 0 Å². The summed E-state index contributed by atoms with van der Waals surface area (Å²) in [6, 6.07) is 10.6. The number of rotatable bonds is 9. The fraction of sp³-hybridized carbons (Fsp3) is 0.500. The van der Waals surface area contributed by atoms with E-state index >= 15 is 0 Å².